The van der Waals surface area contributed by atoms with E-state index in [4.69, 9.17) is 0 Å². The van der Waals surface area contributed by atoms with Crippen molar-refractivity contribution >= 4 is 12.2 Å². The Morgan fingerprint density at radius 2 is 0.929 bits per heavy atom. The third-order valence-corrected chi connectivity index (χ3v) is 4.88. The van der Waals surface area contributed by atoms with Gasteiger partial charge in [-0.25, -0.2) is 10.9 Å². The summed E-state index contributed by atoms with van der Waals surface area (Å²) in [6, 6.07) is 9.90. The Balaban J connectivity index is 1.64. The molecule has 28 heavy (non-hydrogen) atoms. The van der Waals surface area contributed by atoms with Gasteiger partial charge in [-0.15, -0.1) is 0 Å². The molecule has 0 amide bonds. The average Bonchev–Trinajstić information content (AvgIpc) is 3.18. The molecule has 2 aliphatic rings. The van der Waals surface area contributed by atoms with Crippen LogP contribution in [-0.4, -0.2) is 12.4 Å². The van der Waals surface area contributed by atoms with Crippen molar-refractivity contribution in [2.24, 2.45) is 0 Å². The number of alkyl halides is 6. The second-order valence-corrected chi connectivity index (χ2v) is 6.61. The van der Waals surface area contributed by atoms with E-state index < -0.39 is 35.6 Å². The average molecular weight is 396 g/mol. The summed E-state index contributed by atoms with van der Waals surface area (Å²) in [5.41, 5.74) is 4.76. The summed E-state index contributed by atoms with van der Waals surface area (Å²) in [7, 11) is 0. The maximum atomic E-state index is 13.5. The fraction of sp³-hybridized carbons (Fsp3) is 0.200. The molecule has 0 aromatic heterocycles. The standard InChI is InChI=1S/C20H14F6N2/c21-19(22,23)15-9-11-5-1-3-7-13(11)17(15)27-28-18-14-8-4-2-6-12(14)10-16(18)20(24,25)26/h1-10,17-18,27-28H. The van der Waals surface area contributed by atoms with E-state index in [9.17, 15) is 26.3 Å². The van der Waals surface area contributed by atoms with Crippen molar-refractivity contribution in [2.75, 3.05) is 0 Å². The highest BCUT2D eigenvalue weighted by Gasteiger charge is 2.45. The Labute approximate surface area is 156 Å². The quantitative estimate of drug-likeness (QED) is 0.530. The molecule has 0 saturated heterocycles. The summed E-state index contributed by atoms with van der Waals surface area (Å²) in [5.74, 6) is 0. The Kier molecular flexibility index (Phi) is 4.35. The van der Waals surface area contributed by atoms with Gasteiger partial charge >= 0.3 is 12.4 Å². The number of benzene rings is 2. The van der Waals surface area contributed by atoms with E-state index in [1.54, 1.807) is 24.3 Å². The zero-order chi connectivity index (χ0) is 20.1. The second kappa shape index (κ2) is 6.49. The minimum absolute atomic E-state index is 0.353. The molecule has 0 heterocycles. The van der Waals surface area contributed by atoms with Gasteiger partial charge in [-0.1, -0.05) is 48.5 Å². The second-order valence-electron chi connectivity index (χ2n) is 6.61. The van der Waals surface area contributed by atoms with Gasteiger partial charge in [-0.2, -0.15) is 26.3 Å². The van der Waals surface area contributed by atoms with Crippen LogP contribution < -0.4 is 10.9 Å². The zero-order valence-corrected chi connectivity index (χ0v) is 14.2. The molecule has 2 unspecified atom stereocenters. The number of halogens is 6. The van der Waals surface area contributed by atoms with Gasteiger partial charge in [0.1, 0.15) is 0 Å². The molecule has 0 saturated carbocycles. The van der Waals surface area contributed by atoms with Crippen LogP contribution in [0.3, 0.4) is 0 Å². The smallest absolute Gasteiger partial charge is 0.245 e. The van der Waals surface area contributed by atoms with Gasteiger partial charge < -0.3 is 0 Å². The van der Waals surface area contributed by atoms with Crippen LogP contribution in [0.2, 0.25) is 0 Å². The highest BCUT2D eigenvalue weighted by molar-refractivity contribution is 5.68. The number of hydrogen-bond donors (Lipinski definition) is 2. The lowest BCUT2D eigenvalue weighted by Gasteiger charge is -2.26. The van der Waals surface area contributed by atoms with E-state index in [-0.39, 0.29) is 0 Å². The molecule has 146 valence electrons. The number of hydrogen-bond acceptors (Lipinski definition) is 2. The van der Waals surface area contributed by atoms with Crippen molar-refractivity contribution in [3.05, 3.63) is 81.9 Å². The SMILES string of the molecule is FC(F)(F)C1=Cc2ccccc2C1NNC1C(C(F)(F)F)=Cc2ccccc21. The van der Waals surface area contributed by atoms with Crippen LogP contribution >= 0.6 is 0 Å². The normalized spacial score (nSPS) is 21.2. The lowest BCUT2D eigenvalue weighted by atomic mass is 10.0. The maximum Gasteiger partial charge on any atom is 0.414 e. The third-order valence-electron chi connectivity index (χ3n) is 4.88. The van der Waals surface area contributed by atoms with Crippen molar-refractivity contribution in [3.63, 3.8) is 0 Å². The number of hydrazine groups is 1. The first-order valence-electron chi connectivity index (χ1n) is 8.43. The summed E-state index contributed by atoms with van der Waals surface area (Å²) >= 11 is 0. The minimum Gasteiger partial charge on any atom is -0.245 e. The molecule has 2 nitrogen and oxygen atoms in total. The first-order chi connectivity index (χ1) is 13.2. The van der Waals surface area contributed by atoms with Crippen LogP contribution in [0, 0.1) is 0 Å². The Morgan fingerprint density at radius 3 is 1.29 bits per heavy atom. The fourth-order valence-electron chi connectivity index (χ4n) is 3.62. The molecule has 0 fully saturated rings. The molecular weight excluding hydrogens is 382 g/mol. The molecule has 2 aromatic carbocycles. The highest BCUT2D eigenvalue weighted by atomic mass is 19.4. The first kappa shape index (κ1) is 18.8. The molecule has 2 N–H and O–H groups in total. The Morgan fingerprint density at radius 1 is 0.571 bits per heavy atom. The van der Waals surface area contributed by atoms with E-state index in [2.05, 4.69) is 10.9 Å². The Bertz CT molecular complexity index is 892. The van der Waals surface area contributed by atoms with Crippen molar-refractivity contribution < 1.29 is 26.3 Å². The lowest BCUT2D eigenvalue weighted by Crippen LogP contribution is -2.42. The van der Waals surface area contributed by atoms with Crippen LogP contribution in [0.4, 0.5) is 26.3 Å². The summed E-state index contributed by atoms with van der Waals surface area (Å²) < 4.78 is 80.7. The largest absolute Gasteiger partial charge is 0.414 e. The molecule has 2 aromatic rings. The zero-order valence-electron chi connectivity index (χ0n) is 14.2. The molecular formula is C20H14F6N2. The van der Waals surface area contributed by atoms with E-state index in [0.29, 0.717) is 22.3 Å². The van der Waals surface area contributed by atoms with Gasteiger partial charge in [0.15, 0.2) is 0 Å². The summed E-state index contributed by atoms with van der Waals surface area (Å²) in [5, 5.41) is 0. The number of rotatable bonds is 3. The highest BCUT2D eigenvalue weighted by Crippen LogP contribution is 2.45. The van der Waals surface area contributed by atoms with E-state index in [1.807, 2.05) is 0 Å². The van der Waals surface area contributed by atoms with Gasteiger partial charge in [0, 0.05) is 0 Å². The van der Waals surface area contributed by atoms with Crippen LogP contribution in [0.15, 0.2) is 59.7 Å². The molecule has 0 spiro atoms. The summed E-state index contributed by atoms with van der Waals surface area (Å²) in [6.45, 7) is 0. The van der Waals surface area contributed by atoms with Crippen molar-refractivity contribution in [2.45, 2.75) is 24.4 Å². The topological polar surface area (TPSA) is 24.1 Å². The predicted molar refractivity (Wildman–Crippen MR) is 92.7 cm³/mol. The van der Waals surface area contributed by atoms with Crippen LogP contribution in [0.1, 0.15) is 34.3 Å². The van der Waals surface area contributed by atoms with Gasteiger partial charge in [0.05, 0.1) is 23.2 Å². The molecule has 8 heteroatoms. The van der Waals surface area contributed by atoms with Gasteiger partial charge in [0.25, 0.3) is 0 Å². The lowest BCUT2D eigenvalue weighted by molar-refractivity contribution is -0.0992. The minimum atomic E-state index is -4.62. The van der Waals surface area contributed by atoms with Gasteiger partial charge in [-0.05, 0) is 34.4 Å². The van der Waals surface area contributed by atoms with Gasteiger partial charge in [-0.3, -0.25) is 0 Å². The number of nitrogens with one attached hydrogen (secondary N) is 2. The van der Waals surface area contributed by atoms with Crippen LogP contribution in [0.25, 0.3) is 12.2 Å². The van der Waals surface area contributed by atoms with E-state index >= 15 is 0 Å². The molecule has 2 aliphatic carbocycles. The van der Waals surface area contributed by atoms with E-state index in [0.717, 1.165) is 12.2 Å². The molecule has 0 radical (unpaired) electrons. The maximum absolute atomic E-state index is 13.5. The van der Waals surface area contributed by atoms with Crippen LogP contribution in [-0.2, 0) is 0 Å². The van der Waals surface area contributed by atoms with Crippen molar-refractivity contribution in [1.82, 2.24) is 10.9 Å². The predicted octanol–water partition coefficient (Wildman–Crippen LogP) is 5.48. The van der Waals surface area contributed by atoms with E-state index in [1.165, 1.54) is 24.3 Å². The first-order valence-corrected chi connectivity index (χ1v) is 8.43. The van der Waals surface area contributed by atoms with Crippen molar-refractivity contribution in [1.29, 1.82) is 0 Å². The molecule has 4 rings (SSSR count). The number of fused-ring (bicyclic) bond motifs is 2. The van der Waals surface area contributed by atoms with Gasteiger partial charge in [0.2, 0.25) is 0 Å². The van der Waals surface area contributed by atoms with Crippen LogP contribution in [0.5, 0.6) is 0 Å². The fourth-order valence-corrected chi connectivity index (χ4v) is 3.62. The molecule has 0 bridgehead atoms. The summed E-state index contributed by atoms with van der Waals surface area (Å²) in [6.07, 6.45) is -7.21. The Hall–Kier alpha value is -2.58. The molecule has 0 aliphatic heterocycles. The van der Waals surface area contributed by atoms with Crippen molar-refractivity contribution in [3.8, 4) is 0 Å². The molecule has 2 atom stereocenters. The third kappa shape index (κ3) is 3.22. The monoisotopic (exact) mass is 396 g/mol. The summed E-state index contributed by atoms with van der Waals surface area (Å²) in [4.78, 5) is 0.